The minimum absolute atomic E-state index is 0.284. The topological polar surface area (TPSA) is 34.3 Å². The van der Waals surface area contributed by atoms with E-state index in [1.807, 2.05) is 0 Å². The molecule has 0 bridgehead atoms. The number of rotatable bonds is 6. The third-order valence-electron chi connectivity index (χ3n) is 5.14. The van der Waals surface area contributed by atoms with E-state index in [2.05, 4.69) is 52.0 Å². The third kappa shape index (κ3) is 3.73. The lowest BCUT2D eigenvalue weighted by atomic mass is 9.92. The van der Waals surface area contributed by atoms with Crippen LogP contribution in [-0.4, -0.2) is 32.0 Å². The molecule has 2 saturated heterocycles. The standard InChI is InChI=1S/C22H26O3/c1-13-5-17(6-14(2)21(13)9-19-10-23-19)18-7-15(3)22(16(4)8-18)25-12-20-11-24-20/h5-8,19-20H,9-12H2,1-4H3. The SMILES string of the molecule is Cc1cc(-c2cc(C)c(OCC3CO3)c(C)c2)cc(C)c1CC1CO1. The van der Waals surface area contributed by atoms with Crippen molar-refractivity contribution in [3.63, 3.8) is 0 Å². The first-order chi connectivity index (χ1) is 12.0. The molecule has 2 aliphatic heterocycles. The van der Waals surface area contributed by atoms with Gasteiger partial charge in [0.25, 0.3) is 0 Å². The highest BCUT2D eigenvalue weighted by Crippen LogP contribution is 2.33. The molecule has 0 amide bonds. The molecule has 0 radical (unpaired) electrons. The fraction of sp³-hybridized carbons (Fsp3) is 0.455. The van der Waals surface area contributed by atoms with Gasteiger partial charge in [-0.05, 0) is 78.8 Å². The normalized spacial score (nSPS) is 21.3. The van der Waals surface area contributed by atoms with E-state index in [1.165, 1.54) is 38.9 Å². The summed E-state index contributed by atoms with van der Waals surface area (Å²) in [4.78, 5) is 0. The zero-order chi connectivity index (χ0) is 17.6. The summed E-state index contributed by atoms with van der Waals surface area (Å²) in [6, 6.07) is 9.07. The van der Waals surface area contributed by atoms with Gasteiger partial charge in [-0.25, -0.2) is 0 Å². The van der Waals surface area contributed by atoms with Crippen LogP contribution in [0.5, 0.6) is 5.75 Å². The summed E-state index contributed by atoms with van der Waals surface area (Å²) in [7, 11) is 0. The van der Waals surface area contributed by atoms with E-state index in [4.69, 9.17) is 14.2 Å². The van der Waals surface area contributed by atoms with Gasteiger partial charge in [-0.3, -0.25) is 0 Å². The monoisotopic (exact) mass is 338 g/mol. The van der Waals surface area contributed by atoms with E-state index < -0.39 is 0 Å². The lowest BCUT2D eigenvalue weighted by molar-refractivity contribution is 0.260. The Balaban J connectivity index is 1.62. The summed E-state index contributed by atoms with van der Waals surface area (Å²) in [5, 5.41) is 0. The zero-order valence-electron chi connectivity index (χ0n) is 15.5. The number of ether oxygens (including phenoxy) is 3. The number of epoxide rings is 2. The average molecular weight is 338 g/mol. The van der Waals surface area contributed by atoms with Crippen molar-refractivity contribution in [3.8, 4) is 16.9 Å². The van der Waals surface area contributed by atoms with E-state index in [0.29, 0.717) is 12.7 Å². The minimum atomic E-state index is 0.284. The van der Waals surface area contributed by atoms with Crippen molar-refractivity contribution < 1.29 is 14.2 Å². The van der Waals surface area contributed by atoms with Crippen LogP contribution in [-0.2, 0) is 15.9 Å². The summed E-state index contributed by atoms with van der Waals surface area (Å²) < 4.78 is 16.6. The van der Waals surface area contributed by atoms with Crippen LogP contribution in [0.3, 0.4) is 0 Å². The van der Waals surface area contributed by atoms with Crippen LogP contribution in [0, 0.1) is 27.7 Å². The minimum Gasteiger partial charge on any atom is -0.490 e. The van der Waals surface area contributed by atoms with Gasteiger partial charge in [0.1, 0.15) is 18.5 Å². The summed E-state index contributed by atoms with van der Waals surface area (Å²) in [5.41, 5.74) is 9.04. The highest BCUT2D eigenvalue weighted by atomic mass is 16.6. The molecule has 2 heterocycles. The van der Waals surface area contributed by atoms with Crippen molar-refractivity contribution in [1.82, 2.24) is 0 Å². The predicted octanol–water partition coefficient (Wildman–Crippen LogP) is 4.31. The van der Waals surface area contributed by atoms with Crippen molar-refractivity contribution in [2.24, 2.45) is 0 Å². The molecule has 2 unspecified atom stereocenters. The van der Waals surface area contributed by atoms with Gasteiger partial charge in [0.05, 0.1) is 19.3 Å². The number of hydrogen-bond donors (Lipinski definition) is 0. The van der Waals surface area contributed by atoms with Crippen LogP contribution in [0.2, 0.25) is 0 Å². The molecule has 3 nitrogen and oxygen atoms in total. The quantitative estimate of drug-likeness (QED) is 0.736. The Kier molecular flexibility index (Phi) is 4.30. The second-order valence-corrected chi connectivity index (χ2v) is 7.45. The van der Waals surface area contributed by atoms with E-state index in [-0.39, 0.29) is 6.10 Å². The Labute approximate surface area is 149 Å². The first kappa shape index (κ1) is 16.6. The lowest BCUT2D eigenvalue weighted by Gasteiger charge is -2.16. The molecular formula is C22H26O3. The predicted molar refractivity (Wildman–Crippen MR) is 99.5 cm³/mol. The van der Waals surface area contributed by atoms with Gasteiger partial charge in [-0.2, -0.15) is 0 Å². The maximum atomic E-state index is 5.96. The Hall–Kier alpha value is -1.84. The molecule has 2 fully saturated rings. The first-order valence-corrected chi connectivity index (χ1v) is 9.09. The van der Waals surface area contributed by atoms with Crippen molar-refractivity contribution in [1.29, 1.82) is 0 Å². The van der Waals surface area contributed by atoms with Crippen molar-refractivity contribution >= 4 is 0 Å². The summed E-state index contributed by atoms with van der Waals surface area (Å²) >= 11 is 0. The smallest absolute Gasteiger partial charge is 0.125 e. The number of benzene rings is 2. The molecule has 2 aliphatic rings. The second kappa shape index (κ2) is 6.47. The van der Waals surface area contributed by atoms with Gasteiger partial charge in [-0.1, -0.05) is 12.1 Å². The largest absolute Gasteiger partial charge is 0.490 e. The van der Waals surface area contributed by atoms with Crippen molar-refractivity contribution in [3.05, 3.63) is 52.1 Å². The Morgan fingerprint density at radius 2 is 1.28 bits per heavy atom. The Morgan fingerprint density at radius 1 is 0.800 bits per heavy atom. The van der Waals surface area contributed by atoms with Crippen LogP contribution >= 0.6 is 0 Å². The second-order valence-electron chi connectivity index (χ2n) is 7.45. The van der Waals surface area contributed by atoms with E-state index >= 15 is 0 Å². The average Bonchev–Trinajstić information content (AvgIpc) is 3.44. The molecule has 0 aliphatic carbocycles. The van der Waals surface area contributed by atoms with Crippen LogP contribution < -0.4 is 4.74 Å². The summed E-state index contributed by atoms with van der Waals surface area (Å²) in [6.07, 6.45) is 1.75. The Bertz CT molecular complexity index is 755. The molecule has 0 spiro atoms. The Morgan fingerprint density at radius 3 is 1.76 bits per heavy atom. The van der Waals surface area contributed by atoms with Gasteiger partial charge in [0.15, 0.2) is 0 Å². The maximum absolute atomic E-state index is 5.96. The van der Waals surface area contributed by atoms with Gasteiger partial charge in [-0.15, -0.1) is 0 Å². The summed E-state index contributed by atoms with van der Waals surface area (Å²) in [6.45, 7) is 11.1. The van der Waals surface area contributed by atoms with Gasteiger partial charge in [0, 0.05) is 6.42 Å². The van der Waals surface area contributed by atoms with Crippen LogP contribution in [0.4, 0.5) is 0 Å². The molecule has 25 heavy (non-hydrogen) atoms. The number of aryl methyl sites for hydroxylation is 4. The van der Waals surface area contributed by atoms with E-state index in [1.54, 1.807) is 0 Å². The molecule has 0 aromatic heterocycles. The third-order valence-corrected chi connectivity index (χ3v) is 5.14. The molecule has 4 rings (SSSR count). The highest BCUT2D eigenvalue weighted by molar-refractivity contribution is 5.69. The first-order valence-electron chi connectivity index (χ1n) is 9.09. The number of hydrogen-bond acceptors (Lipinski definition) is 3. The van der Waals surface area contributed by atoms with Gasteiger partial charge >= 0.3 is 0 Å². The molecule has 0 N–H and O–H groups in total. The van der Waals surface area contributed by atoms with Crippen LogP contribution in [0.15, 0.2) is 24.3 Å². The highest BCUT2D eigenvalue weighted by Gasteiger charge is 2.25. The molecule has 2 atom stereocenters. The van der Waals surface area contributed by atoms with Gasteiger partial charge in [0.2, 0.25) is 0 Å². The molecule has 132 valence electrons. The summed E-state index contributed by atoms with van der Waals surface area (Å²) in [5.74, 6) is 0.996. The lowest BCUT2D eigenvalue weighted by Crippen LogP contribution is -2.06. The zero-order valence-corrected chi connectivity index (χ0v) is 15.5. The van der Waals surface area contributed by atoms with Crippen LogP contribution in [0.1, 0.15) is 27.8 Å². The van der Waals surface area contributed by atoms with Crippen molar-refractivity contribution in [2.75, 3.05) is 19.8 Å². The van der Waals surface area contributed by atoms with Crippen molar-refractivity contribution in [2.45, 2.75) is 46.3 Å². The van der Waals surface area contributed by atoms with Gasteiger partial charge < -0.3 is 14.2 Å². The molecule has 2 aromatic carbocycles. The van der Waals surface area contributed by atoms with E-state index in [0.717, 1.165) is 25.4 Å². The van der Waals surface area contributed by atoms with Crippen LogP contribution in [0.25, 0.3) is 11.1 Å². The molecule has 2 aromatic rings. The molecule has 3 heteroatoms. The fourth-order valence-electron chi connectivity index (χ4n) is 3.58. The fourth-order valence-corrected chi connectivity index (χ4v) is 3.58. The molecular weight excluding hydrogens is 312 g/mol. The maximum Gasteiger partial charge on any atom is 0.125 e. The molecule has 0 saturated carbocycles. The van der Waals surface area contributed by atoms with E-state index in [9.17, 15) is 0 Å².